The zero-order valence-corrected chi connectivity index (χ0v) is 14.0. The molecule has 23 heavy (non-hydrogen) atoms. The lowest BCUT2D eigenvalue weighted by molar-refractivity contribution is 0.0555. The minimum absolute atomic E-state index is 0.183. The summed E-state index contributed by atoms with van der Waals surface area (Å²) >= 11 is 6.39. The summed E-state index contributed by atoms with van der Waals surface area (Å²) < 4.78 is 2.07. The van der Waals surface area contributed by atoms with Gasteiger partial charge in [-0.15, -0.1) is 0 Å². The third kappa shape index (κ3) is 2.03. The molecule has 6 rings (SSSR count). The van der Waals surface area contributed by atoms with Gasteiger partial charge in [-0.1, -0.05) is 11.6 Å². The molecule has 0 amide bonds. The summed E-state index contributed by atoms with van der Waals surface area (Å²) in [7, 11) is 0. The molecule has 1 aromatic heterocycles. The fourth-order valence-electron chi connectivity index (χ4n) is 4.98. The predicted octanol–water partition coefficient (Wildman–Crippen LogP) is 3.41. The van der Waals surface area contributed by atoms with Gasteiger partial charge in [-0.3, -0.25) is 4.79 Å². The van der Waals surface area contributed by atoms with E-state index in [1.54, 1.807) is 0 Å². The number of pyridine rings is 1. The van der Waals surface area contributed by atoms with Crippen molar-refractivity contribution in [3.05, 3.63) is 44.8 Å². The van der Waals surface area contributed by atoms with Gasteiger partial charge in [-0.25, -0.2) is 0 Å². The average Bonchev–Trinajstić information content (AvgIpc) is 2.60. The van der Waals surface area contributed by atoms with Crippen LogP contribution in [0.4, 0.5) is 0 Å². The molecular weight excluding hydrogens is 308 g/mol. The molecule has 0 saturated carbocycles. The van der Waals surface area contributed by atoms with Crippen LogP contribution < -0.4 is 5.56 Å². The van der Waals surface area contributed by atoms with E-state index in [1.807, 2.05) is 12.1 Å². The van der Waals surface area contributed by atoms with Crippen molar-refractivity contribution in [2.24, 2.45) is 5.92 Å². The van der Waals surface area contributed by atoms with Crippen LogP contribution in [-0.4, -0.2) is 29.1 Å². The van der Waals surface area contributed by atoms with Crippen molar-refractivity contribution in [2.75, 3.05) is 19.6 Å². The van der Waals surface area contributed by atoms with Crippen molar-refractivity contribution < 1.29 is 0 Å². The zero-order valence-electron chi connectivity index (χ0n) is 13.2. The second-order valence-electron chi connectivity index (χ2n) is 7.37. The number of rotatable bonds is 1. The monoisotopic (exact) mass is 328 g/mol. The number of hydrogen-bond acceptors (Lipinski definition) is 2. The summed E-state index contributed by atoms with van der Waals surface area (Å²) in [5, 5.41) is 2.84. The van der Waals surface area contributed by atoms with Gasteiger partial charge < -0.3 is 9.47 Å². The molecule has 4 heterocycles. The number of aromatic nitrogens is 1. The second kappa shape index (κ2) is 5.09. The van der Waals surface area contributed by atoms with Gasteiger partial charge in [0.1, 0.15) is 0 Å². The van der Waals surface area contributed by atoms with E-state index in [-0.39, 0.29) is 5.56 Å². The van der Waals surface area contributed by atoms with E-state index in [1.165, 1.54) is 37.1 Å². The highest BCUT2D eigenvalue weighted by molar-refractivity contribution is 6.32. The first-order chi connectivity index (χ1) is 11.2. The number of nitrogens with zero attached hydrogens (tertiary/aromatic N) is 2. The van der Waals surface area contributed by atoms with Crippen molar-refractivity contribution in [3.8, 4) is 0 Å². The summed E-state index contributed by atoms with van der Waals surface area (Å²) in [6.45, 7) is 3.45. The maximum Gasteiger partial charge on any atom is 0.258 e. The van der Waals surface area contributed by atoms with E-state index in [0.29, 0.717) is 12.0 Å². The smallest absolute Gasteiger partial charge is 0.258 e. The van der Waals surface area contributed by atoms with Gasteiger partial charge >= 0.3 is 0 Å². The summed E-state index contributed by atoms with van der Waals surface area (Å²) in [6, 6.07) is 4.21. The Kier molecular flexibility index (Phi) is 3.11. The van der Waals surface area contributed by atoms with Crippen molar-refractivity contribution in [1.29, 1.82) is 0 Å². The van der Waals surface area contributed by atoms with Crippen molar-refractivity contribution >= 4 is 22.4 Å². The molecule has 120 valence electrons. The molecular formula is C19H21ClN2O. The van der Waals surface area contributed by atoms with E-state index in [4.69, 9.17) is 11.6 Å². The second-order valence-corrected chi connectivity index (χ2v) is 7.78. The Morgan fingerprint density at radius 3 is 2.70 bits per heavy atom. The standard InChI is InChI=1S/C19H21ClN2O/c20-16-5-4-15-18-13(2-1-3-14(16)18)10-22(19(15)23)17-11-21-8-6-12(17)7-9-21/h4-5,10,12,17H,1-3,6-9,11H2/t17-/m1/s1. The molecule has 1 aliphatic carbocycles. The van der Waals surface area contributed by atoms with Gasteiger partial charge in [0, 0.05) is 23.2 Å². The Morgan fingerprint density at radius 2 is 1.96 bits per heavy atom. The predicted molar refractivity (Wildman–Crippen MR) is 93.4 cm³/mol. The topological polar surface area (TPSA) is 25.2 Å². The summed E-state index contributed by atoms with van der Waals surface area (Å²) in [6.07, 6.45) is 7.81. The van der Waals surface area contributed by atoms with E-state index in [0.717, 1.165) is 41.6 Å². The van der Waals surface area contributed by atoms with Crippen LogP contribution in [0.25, 0.3) is 10.8 Å². The molecule has 3 saturated heterocycles. The molecule has 0 radical (unpaired) electrons. The third-order valence-electron chi connectivity index (χ3n) is 6.19. The first-order valence-corrected chi connectivity index (χ1v) is 9.17. The molecule has 1 aromatic carbocycles. The molecule has 3 fully saturated rings. The molecule has 0 spiro atoms. The van der Waals surface area contributed by atoms with E-state index < -0.39 is 0 Å². The van der Waals surface area contributed by atoms with Crippen LogP contribution in [-0.2, 0) is 12.8 Å². The van der Waals surface area contributed by atoms with Gasteiger partial charge in [-0.2, -0.15) is 0 Å². The average molecular weight is 329 g/mol. The number of fused-ring (bicyclic) bond motifs is 3. The Morgan fingerprint density at radius 1 is 1.13 bits per heavy atom. The van der Waals surface area contributed by atoms with Crippen LogP contribution in [0.5, 0.6) is 0 Å². The highest BCUT2D eigenvalue weighted by atomic mass is 35.5. The number of piperidine rings is 3. The summed E-state index contributed by atoms with van der Waals surface area (Å²) in [5.74, 6) is 0.665. The van der Waals surface area contributed by atoms with Gasteiger partial charge in [0.2, 0.25) is 0 Å². The minimum atomic E-state index is 0.183. The Labute approximate surface area is 140 Å². The van der Waals surface area contributed by atoms with Crippen LogP contribution in [0.2, 0.25) is 5.02 Å². The van der Waals surface area contributed by atoms with Crippen LogP contribution in [0.1, 0.15) is 36.4 Å². The molecule has 3 aliphatic heterocycles. The van der Waals surface area contributed by atoms with E-state index in [9.17, 15) is 4.79 Å². The third-order valence-corrected chi connectivity index (χ3v) is 6.54. The first kappa shape index (κ1) is 14.1. The Bertz CT molecular complexity index is 849. The molecule has 4 aliphatic rings. The Hall–Kier alpha value is -1.32. The molecule has 3 nitrogen and oxygen atoms in total. The molecule has 2 aromatic rings. The normalized spacial score (nSPS) is 29.2. The van der Waals surface area contributed by atoms with Gasteiger partial charge in [-0.05, 0) is 79.8 Å². The zero-order chi connectivity index (χ0) is 15.6. The quantitative estimate of drug-likeness (QED) is 0.801. The van der Waals surface area contributed by atoms with Crippen molar-refractivity contribution in [2.45, 2.75) is 38.1 Å². The molecule has 1 atom stereocenters. The van der Waals surface area contributed by atoms with Crippen molar-refractivity contribution in [3.63, 3.8) is 0 Å². The van der Waals surface area contributed by atoms with Gasteiger partial charge in [0.15, 0.2) is 0 Å². The van der Waals surface area contributed by atoms with Crippen molar-refractivity contribution in [1.82, 2.24) is 9.47 Å². The molecule has 2 bridgehead atoms. The SMILES string of the molecule is O=c1c2ccc(Cl)c3c2c(cn1[C@@H]1CN2CCC1CC2)CCC3. The van der Waals surface area contributed by atoms with Gasteiger partial charge in [0.05, 0.1) is 6.04 Å². The van der Waals surface area contributed by atoms with Gasteiger partial charge in [0.25, 0.3) is 5.56 Å². The Balaban J connectivity index is 1.74. The molecule has 0 unspecified atom stereocenters. The van der Waals surface area contributed by atoms with Crippen LogP contribution >= 0.6 is 11.6 Å². The van der Waals surface area contributed by atoms with E-state index >= 15 is 0 Å². The minimum Gasteiger partial charge on any atom is -0.310 e. The summed E-state index contributed by atoms with van der Waals surface area (Å²) in [4.78, 5) is 15.7. The number of aryl methyl sites for hydroxylation is 2. The maximum atomic E-state index is 13.2. The van der Waals surface area contributed by atoms with Crippen LogP contribution in [0.3, 0.4) is 0 Å². The summed E-state index contributed by atoms with van der Waals surface area (Å²) in [5.41, 5.74) is 2.69. The highest BCUT2D eigenvalue weighted by Crippen LogP contribution is 2.37. The largest absolute Gasteiger partial charge is 0.310 e. The molecule has 4 heteroatoms. The fraction of sp³-hybridized carbons (Fsp3) is 0.526. The molecule has 0 N–H and O–H groups in total. The first-order valence-electron chi connectivity index (χ1n) is 8.80. The number of hydrogen-bond donors (Lipinski definition) is 0. The lowest BCUT2D eigenvalue weighted by Gasteiger charge is -2.45. The van der Waals surface area contributed by atoms with Crippen LogP contribution in [0.15, 0.2) is 23.1 Å². The number of halogens is 1. The van der Waals surface area contributed by atoms with E-state index in [2.05, 4.69) is 15.7 Å². The number of benzene rings is 1. The lowest BCUT2D eigenvalue weighted by atomic mass is 9.83. The maximum absolute atomic E-state index is 13.2. The van der Waals surface area contributed by atoms with Crippen LogP contribution in [0, 0.1) is 5.92 Å². The fourth-order valence-corrected chi connectivity index (χ4v) is 5.23. The lowest BCUT2D eigenvalue weighted by Crippen LogP contribution is -2.50. The highest BCUT2D eigenvalue weighted by Gasteiger charge is 2.36.